The maximum Gasteiger partial charge on any atom is 0.259 e. The molecule has 11 heteroatoms. The second-order valence-electron chi connectivity index (χ2n) is 9.02. The highest BCUT2D eigenvalue weighted by molar-refractivity contribution is 7.16. The summed E-state index contributed by atoms with van der Waals surface area (Å²) in [6.45, 7) is 7.39. The van der Waals surface area contributed by atoms with E-state index in [1.54, 1.807) is 18.3 Å². The monoisotopic (exact) mass is 557 g/mol. The van der Waals surface area contributed by atoms with Crippen molar-refractivity contribution >= 4 is 27.9 Å². The zero-order chi connectivity index (χ0) is 28.8. The number of nitrogens with zero attached hydrogens (tertiary/aromatic N) is 5. The third-order valence-corrected chi connectivity index (χ3v) is 6.43. The molecule has 4 heterocycles. The second-order valence-corrected chi connectivity index (χ2v) is 10.0. The molecule has 0 radical (unpaired) electrons. The van der Waals surface area contributed by atoms with Gasteiger partial charge in [-0.15, -0.1) is 0 Å². The number of thiazole rings is 1. The second kappa shape index (κ2) is 12.4. The summed E-state index contributed by atoms with van der Waals surface area (Å²) < 4.78 is 19.7. The van der Waals surface area contributed by atoms with Crippen LogP contribution in [0.3, 0.4) is 0 Å². The Balaban J connectivity index is 1.71. The summed E-state index contributed by atoms with van der Waals surface area (Å²) in [5, 5.41) is 10.1. The van der Waals surface area contributed by atoms with Gasteiger partial charge in [-0.05, 0) is 61.7 Å². The van der Waals surface area contributed by atoms with E-state index in [1.165, 1.54) is 37.8 Å². The highest BCUT2D eigenvalue weighted by Crippen LogP contribution is 2.35. The van der Waals surface area contributed by atoms with Crippen LogP contribution in [0.4, 0.5) is 9.52 Å². The molecular weight excluding hydrogens is 529 g/mol. The number of allylic oxidation sites excluding steroid dienone is 2. The number of hydrogen-bond acceptors (Lipinski definition) is 8. The zero-order valence-corrected chi connectivity index (χ0v) is 23.6. The van der Waals surface area contributed by atoms with Crippen molar-refractivity contribution in [3.05, 3.63) is 88.9 Å². The van der Waals surface area contributed by atoms with Gasteiger partial charge in [-0.25, -0.2) is 9.37 Å². The normalized spacial score (nSPS) is 11.6. The lowest BCUT2D eigenvalue weighted by atomic mass is 9.97. The minimum atomic E-state index is -1.32. The summed E-state index contributed by atoms with van der Waals surface area (Å²) in [5.41, 5.74) is 4.12. The van der Waals surface area contributed by atoms with Crippen LogP contribution in [0.5, 0.6) is 5.75 Å². The molecule has 204 valence electrons. The number of carbonyl (C=O) groups is 1. The molecule has 40 heavy (non-hydrogen) atoms. The number of H-pyrrole nitrogens is 1. The average Bonchev–Trinajstić information content (AvgIpc) is 3.57. The number of alkyl halides is 1. The van der Waals surface area contributed by atoms with E-state index in [0.29, 0.717) is 43.8 Å². The summed E-state index contributed by atoms with van der Waals surface area (Å²) in [6, 6.07) is 5.14. The van der Waals surface area contributed by atoms with Crippen LogP contribution in [0.25, 0.3) is 16.7 Å². The van der Waals surface area contributed by atoms with Crippen molar-refractivity contribution < 1.29 is 13.9 Å². The van der Waals surface area contributed by atoms with Crippen molar-refractivity contribution in [1.82, 2.24) is 30.0 Å². The molecule has 0 aromatic carbocycles. The lowest BCUT2D eigenvalue weighted by Crippen LogP contribution is -2.14. The van der Waals surface area contributed by atoms with Gasteiger partial charge in [-0.3, -0.25) is 25.2 Å². The summed E-state index contributed by atoms with van der Waals surface area (Å²) >= 11 is 1.23. The Bertz CT molecular complexity index is 1640. The number of aryl methyl sites for hydroxylation is 1. The molecule has 1 unspecified atom stereocenters. The Hall–Kier alpha value is -4.82. The quantitative estimate of drug-likeness (QED) is 0.220. The number of pyridine rings is 2. The minimum Gasteiger partial charge on any atom is -0.494 e. The first-order valence-electron chi connectivity index (χ1n) is 12.2. The van der Waals surface area contributed by atoms with Gasteiger partial charge < -0.3 is 9.64 Å². The Morgan fingerprint density at radius 3 is 2.65 bits per heavy atom. The number of anilines is 1. The van der Waals surface area contributed by atoms with E-state index in [9.17, 15) is 9.18 Å². The zero-order valence-electron chi connectivity index (χ0n) is 22.7. The number of halogens is 1. The van der Waals surface area contributed by atoms with Crippen LogP contribution in [0.15, 0.2) is 55.6 Å². The van der Waals surface area contributed by atoms with E-state index in [2.05, 4.69) is 48.9 Å². The maximum atomic E-state index is 14.2. The smallest absolute Gasteiger partial charge is 0.259 e. The summed E-state index contributed by atoms with van der Waals surface area (Å²) in [7, 11) is 5.28. The van der Waals surface area contributed by atoms with Crippen LogP contribution in [-0.4, -0.2) is 57.2 Å². The van der Waals surface area contributed by atoms with E-state index in [0.717, 1.165) is 5.69 Å². The molecule has 0 fully saturated rings. The van der Waals surface area contributed by atoms with E-state index in [-0.39, 0.29) is 11.3 Å². The Morgan fingerprint density at radius 2 is 1.98 bits per heavy atom. The number of aromatic amines is 1. The van der Waals surface area contributed by atoms with Crippen molar-refractivity contribution in [2.24, 2.45) is 0 Å². The minimum absolute atomic E-state index is 0.210. The SMILES string of the molecule is C=C(/C=C\N(C)C)c1cc(-c2cc(C(C)F)ncc2OC)c(C(=O)Nc2ncc(C#Cc3cc(C)[nH]n3)s2)cn1. The molecule has 0 aliphatic heterocycles. The van der Waals surface area contributed by atoms with E-state index in [1.807, 2.05) is 44.3 Å². The molecule has 4 aromatic heterocycles. The molecule has 1 atom stereocenters. The third-order valence-electron chi connectivity index (χ3n) is 5.60. The van der Waals surface area contributed by atoms with Crippen molar-refractivity contribution in [3.8, 4) is 28.7 Å². The van der Waals surface area contributed by atoms with Crippen LogP contribution < -0.4 is 10.1 Å². The van der Waals surface area contributed by atoms with Crippen LogP contribution in [-0.2, 0) is 0 Å². The number of methoxy groups -OCH3 is 1. The highest BCUT2D eigenvalue weighted by atomic mass is 32.1. The van der Waals surface area contributed by atoms with E-state index < -0.39 is 12.1 Å². The Morgan fingerprint density at radius 1 is 1.18 bits per heavy atom. The van der Waals surface area contributed by atoms with Gasteiger partial charge in [0.15, 0.2) is 5.13 Å². The van der Waals surface area contributed by atoms with Crippen LogP contribution in [0.1, 0.15) is 51.1 Å². The van der Waals surface area contributed by atoms with Gasteiger partial charge in [-0.1, -0.05) is 17.9 Å². The van der Waals surface area contributed by atoms with Gasteiger partial charge in [0.2, 0.25) is 0 Å². The third kappa shape index (κ3) is 6.78. The Labute approximate surface area is 235 Å². The van der Waals surface area contributed by atoms with Gasteiger partial charge in [0.25, 0.3) is 5.91 Å². The Kier molecular flexibility index (Phi) is 8.71. The largest absolute Gasteiger partial charge is 0.494 e. The van der Waals surface area contributed by atoms with Crippen molar-refractivity contribution in [3.63, 3.8) is 0 Å². The number of ether oxygens (including phenoxy) is 1. The number of carbonyl (C=O) groups excluding carboxylic acids is 1. The van der Waals surface area contributed by atoms with E-state index >= 15 is 0 Å². The highest BCUT2D eigenvalue weighted by Gasteiger charge is 2.21. The molecule has 0 spiro atoms. The van der Waals surface area contributed by atoms with Crippen molar-refractivity contribution in [2.45, 2.75) is 20.0 Å². The topological polar surface area (TPSA) is 109 Å². The van der Waals surface area contributed by atoms with Crippen LogP contribution in [0, 0.1) is 18.8 Å². The predicted octanol–water partition coefficient (Wildman–Crippen LogP) is 5.41. The van der Waals surface area contributed by atoms with Gasteiger partial charge in [0.1, 0.15) is 17.6 Å². The maximum absolute atomic E-state index is 14.2. The molecule has 1 amide bonds. The lowest BCUT2D eigenvalue weighted by molar-refractivity contribution is 0.102. The first kappa shape index (κ1) is 28.2. The number of aromatic nitrogens is 5. The number of rotatable bonds is 8. The van der Waals surface area contributed by atoms with Crippen molar-refractivity contribution in [2.75, 3.05) is 26.5 Å². The first-order valence-corrected chi connectivity index (χ1v) is 13.0. The fourth-order valence-corrected chi connectivity index (χ4v) is 4.24. The molecule has 4 aromatic rings. The summed E-state index contributed by atoms with van der Waals surface area (Å²) in [5.74, 6) is 5.89. The number of nitrogens with one attached hydrogen (secondary N) is 2. The fraction of sp³-hybridized carbons (Fsp3) is 0.207. The molecular formula is C29H28FN7O2S. The molecule has 0 bridgehead atoms. The summed E-state index contributed by atoms with van der Waals surface area (Å²) in [4.78, 5) is 28.9. The van der Waals surface area contributed by atoms with Gasteiger partial charge in [0.05, 0.1) is 41.3 Å². The molecule has 9 nitrogen and oxygen atoms in total. The number of hydrogen-bond donors (Lipinski definition) is 2. The molecule has 0 aliphatic rings. The molecule has 2 N–H and O–H groups in total. The standard InChI is InChI=1S/C29H28FN7O2S/c1-17(9-10-37(4)5)25-12-22(23-13-26(19(3)30)32-16-27(23)39-6)24(15-31-25)28(38)34-29-33-14-21(40-29)8-7-20-11-18(2)35-36-20/h9-16,19H,1H2,2-6H3,(H,35,36)(H,33,34,38)/b10-9-. The fourth-order valence-electron chi connectivity index (χ4n) is 3.57. The molecule has 0 saturated heterocycles. The predicted molar refractivity (Wildman–Crippen MR) is 155 cm³/mol. The average molecular weight is 558 g/mol. The summed E-state index contributed by atoms with van der Waals surface area (Å²) in [6.07, 6.45) is 6.82. The lowest BCUT2D eigenvalue weighted by Gasteiger charge is -2.15. The molecule has 0 saturated carbocycles. The number of amides is 1. The molecule has 4 rings (SSSR count). The van der Waals surface area contributed by atoms with Crippen molar-refractivity contribution in [1.29, 1.82) is 0 Å². The van der Waals surface area contributed by atoms with Crippen LogP contribution >= 0.6 is 11.3 Å². The van der Waals surface area contributed by atoms with Gasteiger partial charge in [0, 0.05) is 37.1 Å². The van der Waals surface area contributed by atoms with Crippen LogP contribution in [0.2, 0.25) is 0 Å². The van der Waals surface area contributed by atoms with Gasteiger partial charge in [-0.2, -0.15) is 5.10 Å². The first-order chi connectivity index (χ1) is 19.1. The molecule has 0 aliphatic carbocycles. The van der Waals surface area contributed by atoms with Gasteiger partial charge >= 0.3 is 0 Å². The van der Waals surface area contributed by atoms with E-state index in [4.69, 9.17) is 4.74 Å².